The zero-order chi connectivity index (χ0) is 24.7. The first-order valence-corrected chi connectivity index (χ1v) is 11.1. The van der Waals surface area contributed by atoms with Crippen molar-refractivity contribution in [2.75, 3.05) is 0 Å². The molecule has 0 spiro atoms. The molecule has 0 bridgehead atoms. The number of sulfone groups is 1. The van der Waals surface area contributed by atoms with Crippen LogP contribution in [-0.2, 0) is 22.2 Å². The summed E-state index contributed by atoms with van der Waals surface area (Å²) >= 11 is 0. The first-order valence-electron chi connectivity index (χ1n) is 9.58. The molecule has 13 heteroatoms. The lowest BCUT2D eigenvalue weighted by Crippen LogP contribution is -2.45. The maximum absolute atomic E-state index is 15.4. The van der Waals surface area contributed by atoms with Crippen molar-refractivity contribution >= 4 is 15.7 Å². The topological polar surface area (TPSA) is 76.1 Å². The molecular formula is C20H17F7N2O3S. The highest BCUT2D eigenvalue weighted by Gasteiger charge is 2.48. The van der Waals surface area contributed by atoms with E-state index in [4.69, 9.17) is 0 Å². The van der Waals surface area contributed by atoms with Crippen LogP contribution >= 0.6 is 0 Å². The summed E-state index contributed by atoms with van der Waals surface area (Å²) in [7, 11) is -4.79. The van der Waals surface area contributed by atoms with Crippen molar-refractivity contribution in [1.82, 2.24) is 10.3 Å². The zero-order valence-corrected chi connectivity index (χ0v) is 17.5. The van der Waals surface area contributed by atoms with E-state index in [1.165, 1.54) is 0 Å². The smallest absolute Gasteiger partial charge is 0.348 e. The summed E-state index contributed by atoms with van der Waals surface area (Å²) in [5.74, 6) is -0.946. The van der Waals surface area contributed by atoms with E-state index in [9.17, 15) is 39.6 Å². The summed E-state index contributed by atoms with van der Waals surface area (Å²) < 4.78 is 118. The van der Waals surface area contributed by atoms with Gasteiger partial charge in [0.15, 0.2) is 0 Å². The molecule has 1 aliphatic rings. The molecule has 0 saturated heterocycles. The van der Waals surface area contributed by atoms with E-state index < -0.39 is 73.7 Å². The van der Waals surface area contributed by atoms with Gasteiger partial charge in [0, 0.05) is 12.2 Å². The highest BCUT2D eigenvalue weighted by atomic mass is 32.2. The number of benzene rings is 1. The van der Waals surface area contributed by atoms with Crippen molar-refractivity contribution in [2.45, 2.75) is 54.0 Å². The number of hydrogen-bond donors (Lipinski definition) is 1. The van der Waals surface area contributed by atoms with Gasteiger partial charge in [-0.1, -0.05) is 6.07 Å². The number of hydrogen-bond acceptors (Lipinski definition) is 4. The van der Waals surface area contributed by atoms with Crippen molar-refractivity contribution in [3.05, 3.63) is 59.4 Å². The van der Waals surface area contributed by atoms with E-state index >= 15 is 4.39 Å². The van der Waals surface area contributed by atoms with E-state index in [0.29, 0.717) is 24.3 Å². The Morgan fingerprint density at radius 3 is 2.12 bits per heavy atom. The summed E-state index contributed by atoms with van der Waals surface area (Å²) in [6.07, 6.45) is -10.3. The molecule has 33 heavy (non-hydrogen) atoms. The van der Waals surface area contributed by atoms with Gasteiger partial charge in [0.25, 0.3) is 5.91 Å². The van der Waals surface area contributed by atoms with Gasteiger partial charge in [0.2, 0.25) is 14.8 Å². The van der Waals surface area contributed by atoms with E-state index in [0.717, 1.165) is 18.3 Å². The van der Waals surface area contributed by atoms with Crippen molar-refractivity contribution in [3.63, 3.8) is 0 Å². The molecule has 1 N–H and O–H groups in total. The molecule has 2 aromatic rings. The third-order valence-corrected chi connectivity index (χ3v) is 7.59. The lowest BCUT2D eigenvalue weighted by Gasteiger charge is -2.33. The molecule has 3 rings (SSSR count). The van der Waals surface area contributed by atoms with Crippen LogP contribution in [-0.4, -0.2) is 30.4 Å². The average Bonchev–Trinajstić information content (AvgIpc) is 2.74. The van der Waals surface area contributed by atoms with Crippen LogP contribution in [0.2, 0.25) is 0 Å². The molecule has 1 heterocycles. The van der Waals surface area contributed by atoms with Gasteiger partial charge in [-0.3, -0.25) is 9.78 Å². The summed E-state index contributed by atoms with van der Waals surface area (Å²) in [4.78, 5) is 15.0. The fraction of sp³-hybridized carbons (Fsp3) is 0.400. The summed E-state index contributed by atoms with van der Waals surface area (Å²) in [6, 6.07) is 3.26. The summed E-state index contributed by atoms with van der Waals surface area (Å²) in [5, 5.41) is -0.461. The van der Waals surface area contributed by atoms with Crippen LogP contribution < -0.4 is 5.32 Å². The van der Waals surface area contributed by atoms with Gasteiger partial charge in [0.05, 0.1) is 16.0 Å². The van der Waals surface area contributed by atoms with Gasteiger partial charge in [0.1, 0.15) is 5.69 Å². The second-order valence-corrected chi connectivity index (χ2v) is 9.80. The minimum atomic E-state index is -4.81. The predicted octanol–water partition coefficient (Wildman–Crippen LogP) is 4.93. The largest absolute Gasteiger partial charge is 0.416 e. The molecule has 1 aromatic heterocycles. The molecule has 5 nitrogen and oxygen atoms in total. The normalized spacial score (nSPS) is 22.1. The fourth-order valence-corrected chi connectivity index (χ4v) is 5.24. The van der Waals surface area contributed by atoms with Gasteiger partial charge < -0.3 is 5.32 Å². The molecule has 1 aromatic carbocycles. The Morgan fingerprint density at radius 1 is 0.970 bits per heavy atom. The number of halogens is 7. The molecule has 0 radical (unpaired) electrons. The van der Waals surface area contributed by atoms with Crippen LogP contribution in [0.1, 0.15) is 47.3 Å². The average molecular weight is 498 g/mol. The van der Waals surface area contributed by atoms with Crippen LogP contribution in [0.4, 0.5) is 30.7 Å². The van der Waals surface area contributed by atoms with Crippen LogP contribution in [0, 0.1) is 0 Å². The Balaban J connectivity index is 1.70. The van der Waals surface area contributed by atoms with Crippen LogP contribution in [0.15, 0.2) is 47.5 Å². The number of nitrogens with zero attached hydrogens (tertiary/aromatic N) is 1. The third kappa shape index (κ3) is 5.28. The van der Waals surface area contributed by atoms with Gasteiger partial charge in [-0.25, -0.2) is 12.8 Å². The summed E-state index contributed by atoms with van der Waals surface area (Å²) in [6.45, 7) is 0. The highest BCUT2D eigenvalue weighted by molar-refractivity contribution is 7.92. The second-order valence-electron chi connectivity index (χ2n) is 7.59. The number of carbonyl (C=O) groups is 1. The number of amides is 1. The number of nitrogens with one attached hydrogen (secondary N) is 1. The number of pyridine rings is 1. The molecular weight excluding hydrogens is 481 g/mol. The van der Waals surface area contributed by atoms with Gasteiger partial charge in [-0.05, 0) is 56.0 Å². The SMILES string of the molecule is O=C(N[C@H]1CC[C@@](F)(S(=O)(=O)c2cccc(C(F)(F)F)c2)CC1)c1cc(C(F)(F)F)ccn1. The van der Waals surface area contributed by atoms with Crippen molar-refractivity contribution in [1.29, 1.82) is 0 Å². The van der Waals surface area contributed by atoms with Crippen molar-refractivity contribution in [2.24, 2.45) is 0 Å². The number of rotatable bonds is 4. The van der Waals surface area contributed by atoms with Crippen LogP contribution in [0.25, 0.3) is 0 Å². The Hall–Kier alpha value is -2.70. The van der Waals surface area contributed by atoms with Gasteiger partial charge >= 0.3 is 12.4 Å². The Morgan fingerprint density at radius 2 is 1.55 bits per heavy atom. The summed E-state index contributed by atoms with van der Waals surface area (Å²) in [5.41, 5.74) is -2.83. The molecule has 1 saturated carbocycles. The van der Waals surface area contributed by atoms with Crippen LogP contribution in [0.3, 0.4) is 0 Å². The molecule has 0 aliphatic heterocycles. The van der Waals surface area contributed by atoms with E-state index in [2.05, 4.69) is 10.3 Å². The number of alkyl halides is 7. The lowest BCUT2D eigenvalue weighted by molar-refractivity contribution is -0.138. The minimum Gasteiger partial charge on any atom is -0.348 e. The predicted molar refractivity (Wildman–Crippen MR) is 101 cm³/mol. The molecule has 0 unspecified atom stereocenters. The molecule has 1 aliphatic carbocycles. The molecule has 1 amide bonds. The molecule has 180 valence electrons. The number of carbonyl (C=O) groups excluding carboxylic acids is 1. The standard InChI is InChI=1S/C20H17F7N2O3S/c21-18(33(31,32)15-3-1-2-12(10-15)19(22,23)24)7-4-14(5-8-18)29-17(30)16-11-13(6-9-28-16)20(25,26)27/h1-3,6,9-11,14H,4-5,7-8H2,(H,29,30)/t14-,18+. The first kappa shape index (κ1) is 24.9. The monoisotopic (exact) mass is 498 g/mol. The van der Waals surface area contributed by atoms with Gasteiger partial charge in [-0.15, -0.1) is 0 Å². The Labute approximate surface area is 183 Å². The quantitative estimate of drug-likeness (QED) is 0.607. The van der Waals surface area contributed by atoms with Crippen molar-refractivity contribution < 1.29 is 43.9 Å². The highest BCUT2D eigenvalue weighted by Crippen LogP contribution is 2.41. The maximum Gasteiger partial charge on any atom is 0.416 e. The maximum atomic E-state index is 15.4. The zero-order valence-electron chi connectivity index (χ0n) is 16.7. The van der Waals surface area contributed by atoms with E-state index in [1.54, 1.807) is 0 Å². The second kappa shape index (κ2) is 8.58. The van der Waals surface area contributed by atoms with Gasteiger partial charge in [-0.2, -0.15) is 26.3 Å². The Bertz CT molecular complexity index is 1140. The fourth-order valence-electron chi connectivity index (χ4n) is 3.50. The molecule has 1 fully saturated rings. The van der Waals surface area contributed by atoms with E-state index in [1.807, 2.05) is 0 Å². The number of aromatic nitrogens is 1. The lowest BCUT2D eigenvalue weighted by atomic mass is 9.93. The third-order valence-electron chi connectivity index (χ3n) is 5.34. The van der Waals surface area contributed by atoms with E-state index in [-0.39, 0.29) is 12.8 Å². The first-order chi connectivity index (χ1) is 15.1. The van der Waals surface area contributed by atoms with Crippen LogP contribution in [0.5, 0.6) is 0 Å². The minimum absolute atomic E-state index is 0.195. The van der Waals surface area contributed by atoms with Crippen molar-refractivity contribution in [3.8, 4) is 0 Å². The Kier molecular flexibility index (Phi) is 6.48. The molecule has 0 atom stereocenters.